The Labute approximate surface area is 127 Å². The van der Waals surface area contributed by atoms with Gasteiger partial charge in [0.25, 0.3) is 5.69 Å². The molecule has 2 bridgehead atoms. The summed E-state index contributed by atoms with van der Waals surface area (Å²) in [7, 11) is 0. The molecule has 1 saturated heterocycles. The van der Waals surface area contributed by atoms with Gasteiger partial charge in [0, 0.05) is 37.3 Å². The molecular weight excluding hydrogens is 296 g/mol. The molecule has 0 aromatic heterocycles. The van der Waals surface area contributed by atoms with E-state index >= 15 is 0 Å². The van der Waals surface area contributed by atoms with Crippen molar-refractivity contribution in [1.82, 2.24) is 4.90 Å². The van der Waals surface area contributed by atoms with Gasteiger partial charge in [-0.2, -0.15) is 0 Å². The van der Waals surface area contributed by atoms with Crippen LogP contribution in [0.3, 0.4) is 0 Å². The number of nitrogens with zero attached hydrogens (tertiary/aromatic N) is 2. The van der Waals surface area contributed by atoms with Gasteiger partial charge in [-0.25, -0.2) is 0 Å². The molecule has 2 unspecified atom stereocenters. The van der Waals surface area contributed by atoms with Crippen LogP contribution < -0.4 is 0 Å². The highest BCUT2D eigenvalue weighted by Crippen LogP contribution is 2.39. The number of aromatic hydroxyl groups is 1. The van der Waals surface area contributed by atoms with Crippen molar-refractivity contribution in [2.75, 3.05) is 13.1 Å². The summed E-state index contributed by atoms with van der Waals surface area (Å²) in [5.41, 5.74) is 0.345. The number of rotatable bonds is 3. The maximum Gasteiger partial charge on any atom is 0.271 e. The van der Waals surface area contributed by atoms with Crippen LogP contribution in [0.1, 0.15) is 18.4 Å². The van der Waals surface area contributed by atoms with E-state index in [0.717, 1.165) is 32.0 Å². The van der Waals surface area contributed by atoms with E-state index < -0.39 is 4.92 Å². The molecule has 114 valence electrons. The van der Waals surface area contributed by atoms with Gasteiger partial charge >= 0.3 is 0 Å². The van der Waals surface area contributed by atoms with Crippen molar-refractivity contribution in [3.8, 4) is 5.75 Å². The maximum absolute atomic E-state index is 10.9. The first kappa shape index (κ1) is 14.6. The third-order valence-electron chi connectivity index (χ3n) is 4.59. The Morgan fingerprint density at radius 3 is 2.52 bits per heavy atom. The number of fused-ring (bicyclic) bond motifs is 2. The molecule has 7 heteroatoms. The van der Waals surface area contributed by atoms with E-state index in [1.165, 1.54) is 6.07 Å². The minimum absolute atomic E-state index is 0.000726. The molecule has 6 nitrogen and oxygen atoms in total. The smallest absolute Gasteiger partial charge is 0.271 e. The fraction of sp³-hybridized carbons (Fsp3) is 0.571. The number of nitro benzene ring substituents is 1. The van der Waals surface area contributed by atoms with E-state index in [-0.39, 0.29) is 34.4 Å². The molecule has 2 aliphatic rings. The minimum atomic E-state index is -0.515. The minimum Gasteiger partial charge on any atom is -0.506 e. The van der Waals surface area contributed by atoms with E-state index in [4.69, 9.17) is 11.6 Å². The topological polar surface area (TPSA) is 86.8 Å². The number of likely N-dealkylation sites (tertiary alicyclic amines) is 1. The zero-order chi connectivity index (χ0) is 15.1. The molecule has 2 N–H and O–H groups in total. The zero-order valence-electron chi connectivity index (χ0n) is 11.4. The molecule has 1 aliphatic carbocycles. The number of phenols is 1. The number of non-ortho nitro benzene ring substituents is 1. The lowest BCUT2D eigenvalue weighted by Crippen LogP contribution is -2.44. The van der Waals surface area contributed by atoms with E-state index in [1.54, 1.807) is 0 Å². The van der Waals surface area contributed by atoms with E-state index in [9.17, 15) is 20.3 Å². The lowest BCUT2D eigenvalue weighted by molar-refractivity contribution is -0.384. The number of halogens is 1. The summed E-state index contributed by atoms with van der Waals surface area (Å²) in [5.74, 6) is 0.431. The Morgan fingerprint density at radius 2 is 1.95 bits per heavy atom. The summed E-state index contributed by atoms with van der Waals surface area (Å²) >= 11 is 5.86. The van der Waals surface area contributed by atoms with Crippen LogP contribution in [-0.2, 0) is 6.54 Å². The van der Waals surface area contributed by atoms with Crippen LogP contribution in [-0.4, -0.2) is 39.2 Å². The van der Waals surface area contributed by atoms with Crippen molar-refractivity contribution in [3.05, 3.63) is 32.8 Å². The number of nitro groups is 1. The second kappa shape index (κ2) is 5.44. The lowest BCUT2D eigenvalue weighted by atomic mass is 9.94. The van der Waals surface area contributed by atoms with E-state index in [2.05, 4.69) is 4.90 Å². The van der Waals surface area contributed by atoms with Crippen molar-refractivity contribution in [3.63, 3.8) is 0 Å². The van der Waals surface area contributed by atoms with Crippen molar-refractivity contribution in [2.45, 2.75) is 25.5 Å². The number of aliphatic hydroxyl groups is 1. The van der Waals surface area contributed by atoms with Gasteiger partial charge < -0.3 is 10.2 Å². The van der Waals surface area contributed by atoms with Crippen molar-refractivity contribution >= 4 is 17.3 Å². The number of phenolic OH excluding ortho intramolecular Hbond substituents is 1. The zero-order valence-corrected chi connectivity index (χ0v) is 12.2. The molecule has 1 aromatic rings. The first-order valence-electron chi connectivity index (χ1n) is 7.02. The van der Waals surface area contributed by atoms with Gasteiger partial charge in [-0.15, -0.1) is 0 Å². The standard InChI is InChI=1S/C14H17ClN2O4/c15-12-4-11(17(20)21)3-10(14(12)19)7-16-5-8-1-2-9(6-16)13(8)18/h3-4,8-9,13,18-19H,1-2,5-7H2. The summed E-state index contributed by atoms with van der Waals surface area (Å²) in [6.45, 7) is 1.90. The van der Waals surface area contributed by atoms with Gasteiger partial charge in [0.05, 0.1) is 16.0 Å². The van der Waals surface area contributed by atoms with Crippen molar-refractivity contribution in [1.29, 1.82) is 0 Å². The van der Waals surface area contributed by atoms with Gasteiger partial charge in [-0.05, 0) is 24.7 Å². The summed E-state index contributed by atoms with van der Waals surface area (Å²) in [5, 5.41) is 30.9. The Kier molecular flexibility index (Phi) is 3.77. The Bertz CT molecular complexity index is 566. The number of hydrogen-bond donors (Lipinski definition) is 2. The summed E-state index contributed by atoms with van der Waals surface area (Å²) < 4.78 is 0. The fourth-order valence-corrected chi connectivity index (χ4v) is 3.76. The van der Waals surface area contributed by atoms with Crippen LogP contribution in [0, 0.1) is 22.0 Å². The Balaban J connectivity index is 1.80. The van der Waals surface area contributed by atoms with E-state index in [0.29, 0.717) is 12.1 Å². The summed E-state index contributed by atoms with van der Waals surface area (Å²) in [6.07, 6.45) is 1.80. The Morgan fingerprint density at radius 1 is 1.33 bits per heavy atom. The van der Waals surface area contributed by atoms with E-state index in [1.807, 2.05) is 0 Å². The molecule has 0 spiro atoms. The number of benzene rings is 1. The normalized spacial score (nSPS) is 28.8. The Hall–Kier alpha value is -1.37. The third-order valence-corrected chi connectivity index (χ3v) is 4.88. The lowest BCUT2D eigenvalue weighted by Gasteiger charge is -2.35. The number of hydrogen-bond acceptors (Lipinski definition) is 5. The first-order valence-corrected chi connectivity index (χ1v) is 7.39. The SMILES string of the molecule is O=[N+]([O-])c1cc(Cl)c(O)c(CN2CC3CCC(C2)C3O)c1. The predicted octanol–water partition coefficient (Wildman–Crippen LogP) is 2.16. The molecule has 3 rings (SSSR count). The molecule has 2 fully saturated rings. The quantitative estimate of drug-likeness (QED) is 0.659. The highest BCUT2D eigenvalue weighted by atomic mass is 35.5. The molecule has 1 heterocycles. The molecule has 0 radical (unpaired) electrons. The fourth-order valence-electron chi connectivity index (χ4n) is 3.53. The molecular formula is C14H17ClN2O4. The molecule has 0 amide bonds. The second-order valence-corrected chi connectivity index (χ2v) is 6.38. The van der Waals surface area contributed by atoms with Gasteiger partial charge in [0.1, 0.15) is 5.75 Å². The van der Waals surface area contributed by atoms with Crippen molar-refractivity contribution < 1.29 is 15.1 Å². The highest BCUT2D eigenvalue weighted by Gasteiger charge is 2.40. The van der Waals surface area contributed by atoms with Crippen LogP contribution in [0.15, 0.2) is 12.1 Å². The molecule has 1 aliphatic heterocycles. The average Bonchev–Trinajstić information content (AvgIpc) is 2.65. The average molecular weight is 313 g/mol. The number of aliphatic hydroxyl groups excluding tert-OH is 1. The molecule has 1 saturated carbocycles. The maximum atomic E-state index is 10.9. The molecule has 21 heavy (non-hydrogen) atoms. The van der Waals surface area contributed by atoms with Crippen LogP contribution in [0.25, 0.3) is 0 Å². The van der Waals surface area contributed by atoms with Crippen LogP contribution in [0.4, 0.5) is 5.69 Å². The van der Waals surface area contributed by atoms with Gasteiger partial charge in [0.2, 0.25) is 0 Å². The largest absolute Gasteiger partial charge is 0.506 e. The second-order valence-electron chi connectivity index (χ2n) is 5.97. The predicted molar refractivity (Wildman–Crippen MR) is 77.3 cm³/mol. The van der Waals surface area contributed by atoms with Gasteiger partial charge in [-0.3, -0.25) is 15.0 Å². The van der Waals surface area contributed by atoms with Gasteiger partial charge in [-0.1, -0.05) is 11.6 Å². The molecule has 2 atom stereocenters. The summed E-state index contributed by atoms with van der Waals surface area (Å²) in [4.78, 5) is 12.5. The molecule has 1 aromatic carbocycles. The van der Waals surface area contributed by atoms with Gasteiger partial charge in [0.15, 0.2) is 0 Å². The third kappa shape index (κ3) is 2.71. The number of piperidine rings is 1. The highest BCUT2D eigenvalue weighted by molar-refractivity contribution is 6.32. The van der Waals surface area contributed by atoms with Crippen LogP contribution in [0.5, 0.6) is 5.75 Å². The summed E-state index contributed by atoms with van der Waals surface area (Å²) in [6, 6.07) is 2.53. The van der Waals surface area contributed by atoms with Crippen LogP contribution in [0.2, 0.25) is 5.02 Å². The van der Waals surface area contributed by atoms with Crippen LogP contribution >= 0.6 is 11.6 Å². The first-order chi connectivity index (χ1) is 9.95. The van der Waals surface area contributed by atoms with Crippen molar-refractivity contribution in [2.24, 2.45) is 11.8 Å². The monoisotopic (exact) mass is 312 g/mol.